The Balaban J connectivity index is 2.11. The molecule has 0 aliphatic carbocycles. The molecule has 1 atom stereocenters. The van der Waals surface area contributed by atoms with E-state index in [9.17, 15) is 4.39 Å². The third-order valence-corrected chi connectivity index (χ3v) is 2.16. The molecule has 3 nitrogen and oxygen atoms in total. The van der Waals surface area contributed by atoms with Crippen LogP contribution < -0.4 is 4.74 Å². The Labute approximate surface area is 98.6 Å². The molecule has 0 spiro atoms. The van der Waals surface area contributed by atoms with Crippen molar-refractivity contribution in [2.45, 2.75) is 6.17 Å². The second kappa shape index (κ2) is 5.21. The van der Waals surface area contributed by atoms with Gasteiger partial charge in [-0.25, -0.2) is 14.4 Å². The first-order chi connectivity index (χ1) is 8.29. The van der Waals surface area contributed by atoms with Gasteiger partial charge in [0.1, 0.15) is 11.9 Å². The van der Waals surface area contributed by atoms with Crippen LogP contribution in [-0.4, -0.2) is 9.97 Å². The molecule has 0 saturated heterocycles. The van der Waals surface area contributed by atoms with Crippen LogP contribution in [0.25, 0.3) is 0 Å². The van der Waals surface area contributed by atoms with Crippen LogP contribution in [-0.2, 0) is 0 Å². The van der Waals surface area contributed by atoms with Crippen molar-refractivity contribution in [1.82, 2.24) is 9.97 Å². The van der Waals surface area contributed by atoms with E-state index in [2.05, 4.69) is 16.5 Å². The third-order valence-electron chi connectivity index (χ3n) is 2.16. The quantitative estimate of drug-likeness (QED) is 0.754. The van der Waals surface area contributed by atoms with Crippen LogP contribution in [0.3, 0.4) is 0 Å². The molecule has 0 saturated carbocycles. The molecule has 0 amide bonds. The highest BCUT2D eigenvalue weighted by molar-refractivity contribution is 5.31. The molecule has 0 N–H and O–H groups in total. The summed E-state index contributed by atoms with van der Waals surface area (Å²) in [7, 11) is 0. The molecule has 1 unspecified atom stereocenters. The van der Waals surface area contributed by atoms with Gasteiger partial charge in [0, 0.05) is 12.4 Å². The number of nitrogens with zero attached hydrogens (tertiary/aromatic N) is 2. The Bertz CT molecular complexity index is 485. The number of rotatable bonds is 4. The van der Waals surface area contributed by atoms with E-state index in [0.717, 1.165) is 0 Å². The number of halogens is 1. The van der Waals surface area contributed by atoms with Gasteiger partial charge in [-0.05, 0) is 23.8 Å². The van der Waals surface area contributed by atoms with Crippen LogP contribution in [0, 0.1) is 0 Å². The van der Waals surface area contributed by atoms with Crippen molar-refractivity contribution in [3.8, 4) is 11.8 Å². The fourth-order valence-electron chi connectivity index (χ4n) is 1.30. The summed E-state index contributed by atoms with van der Waals surface area (Å²) >= 11 is 0. The van der Waals surface area contributed by atoms with Crippen molar-refractivity contribution >= 4 is 0 Å². The van der Waals surface area contributed by atoms with E-state index in [4.69, 9.17) is 4.74 Å². The normalized spacial score (nSPS) is 11.8. The van der Waals surface area contributed by atoms with Crippen molar-refractivity contribution in [2.75, 3.05) is 0 Å². The lowest BCUT2D eigenvalue weighted by Gasteiger charge is -2.05. The largest absolute Gasteiger partial charge is 0.424 e. The van der Waals surface area contributed by atoms with Crippen molar-refractivity contribution in [1.29, 1.82) is 0 Å². The predicted molar refractivity (Wildman–Crippen MR) is 62.6 cm³/mol. The highest BCUT2D eigenvalue weighted by Crippen LogP contribution is 2.23. The summed E-state index contributed by atoms with van der Waals surface area (Å²) in [4.78, 5) is 7.85. The van der Waals surface area contributed by atoms with Crippen molar-refractivity contribution < 1.29 is 9.13 Å². The minimum atomic E-state index is -1.16. The molecule has 0 fully saturated rings. The summed E-state index contributed by atoms with van der Waals surface area (Å²) in [6.07, 6.45) is 3.27. The lowest BCUT2D eigenvalue weighted by Crippen LogP contribution is -1.91. The zero-order valence-corrected chi connectivity index (χ0v) is 9.08. The van der Waals surface area contributed by atoms with Crippen LogP contribution in [0.15, 0.2) is 55.4 Å². The van der Waals surface area contributed by atoms with E-state index in [-0.39, 0.29) is 6.01 Å². The van der Waals surface area contributed by atoms with Gasteiger partial charge >= 0.3 is 6.01 Å². The summed E-state index contributed by atoms with van der Waals surface area (Å²) in [5, 5.41) is 0. The van der Waals surface area contributed by atoms with Gasteiger partial charge in [0.05, 0.1) is 0 Å². The summed E-state index contributed by atoms with van der Waals surface area (Å²) in [6.45, 7) is 3.40. The van der Waals surface area contributed by atoms with Crippen LogP contribution >= 0.6 is 0 Å². The number of allylic oxidation sites excluding steroid dienone is 1. The molecule has 1 aromatic carbocycles. The van der Waals surface area contributed by atoms with E-state index in [1.165, 1.54) is 6.08 Å². The molecule has 0 aliphatic heterocycles. The molecule has 0 bridgehead atoms. The van der Waals surface area contributed by atoms with E-state index >= 15 is 0 Å². The maximum atomic E-state index is 13.2. The van der Waals surface area contributed by atoms with E-state index < -0.39 is 6.17 Å². The molecular weight excluding hydrogens is 219 g/mol. The number of alkyl halides is 1. The van der Waals surface area contributed by atoms with Gasteiger partial charge in [-0.2, -0.15) is 0 Å². The van der Waals surface area contributed by atoms with Crippen molar-refractivity contribution in [2.24, 2.45) is 0 Å². The average molecular weight is 230 g/mol. The molecule has 17 heavy (non-hydrogen) atoms. The average Bonchev–Trinajstić information content (AvgIpc) is 2.40. The minimum Gasteiger partial charge on any atom is -0.424 e. The maximum Gasteiger partial charge on any atom is 0.321 e. The highest BCUT2D eigenvalue weighted by Gasteiger charge is 2.05. The van der Waals surface area contributed by atoms with Gasteiger partial charge in [-0.1, -0.05) is 24.8 Å². The smallest absolute Gasteiger partial charge is 0.321 e. The minimum absolute atomic E-state index is 0.265. The fraction of sp³-hybridized carbons (Fsp3) is 0.0769. The second-order valence-corrected chi connectivity index (χ2v) is 3.34. The fourth-order valence-corrected chi connectivity index (χ4v) is 1.30. The van der Waals surface area contributed by atoms with Crippen LogP contribution in [0.1, 0.15) is 11.7 Å². The first kappa shape index (κ1) is 11.3. The predicted octanol–water partition coefficient (Wildman–Crippen LogP) is 3.47. The lowest BCUT2D eigenvalue weighted by molar-refractivity contribution is 0.413. The Morgan fingerprint density at radius 3 is 2.41 bits per heavy atom. The molecule has 4 heteroatoms. The summed E-state index contributed by atoms with van der Waals surface area (Å²) in [6, 6.07) is 8.59. The monoisotopic (exact) mass is 230 g/mol. The van der Waals surface area contributed by atoms with Crippen LogP contribution in [0.2, 0.25) is 0 Å². The molecule has 0 aliphatic rings. The summed E-state index contributed by atoms with van der Waals surface area (Å²) in [5.41, 5.74) is 0.543. The number of aromatic nitrogens is 2. The Morgan fingerprint density at radius 1 is 1.18 bits per heavy atom. The van der Waals surface area contributed by atoms with E-state index in [1.54, 1.807) is 42.7 Å². The maximum absolute atomic E-state index is 13.2. The third kappa shape index (κ3) is 2.87. The van der Waals surface area contributed by atoms with Gasteiger partial charge < -0.3 is 4.74 Å². The van der Waals surface area contributed by atoms with E-state index in [1.807, 2.05) is 0 Å². The lowest BCUT2D eigenvalue weighted by atomic mass is 10.1. The van der Waals surface area contributed by atoms with Crippen LogP contribution in [0.5, 0.6) is 11.8 Å². The molecule has 1 aromatic heterocycles. The first-order valence-electron chi connectivity index (χ1n) is 5.11. The van der Waals surface area contributed by atoms with E-state index in [0.29, 0.717) is 11.3 Å². The standard InChI is InChI=1S/C13H11FN2O/c1-2-12(14)10-4-6-11(7-5-10)17-13-15-8-3-9-16-13/h2-9,12H,1H2. The molecule has 2 aromatic rings. The topological polar surface area (TPSA) is 35.0 Å². The number of hydrogen-bond acceptors (Lipinski definition) is 3. The van der Waals surface area contributed by atoms with Gasteiger partial charge in [0.15, 0.2) is 0 Å². The number of benzene rings is 1. The summed E-state index contributed by atoms with van der Waals surface area (Å²) in [5.74, 6) is 0.566. The second-order valence-electron chi connectivity index (χ2n) is 3.34. The Kier molecular flexibility index (Phi) is 3.45. The first-order valence-corrected chi connectivity index (χ1v) is 5.11. The van der Waals surface area contributed by atoms with Gasteiger partial charge in [0.25, 0.3) is 0 Å². The zero-order chi connectivity index (χ0) is 12.1. The van der Waals surface area contributed by atoms with Gasteiger partial charge in [-0.15, -0.1) is 0 Å². The SMILES string of the molecule is C=CC(F)c1ccc(Oc2ncccn2)cc1. The highest BCUT2D eigenvalue weighted by atomic mass is 19.1. The Morgan fingerprint density at radius 2 is 1.82 bits per heavy atom. The molecule has 0 radical (unpaired) electrons. The Hall–Kier alpha value is -2.23. The number of hydrogen-bond donors (Lipinski definition) is 0. The molecular formula is C13H11FN2O. The van der Waals surface area contributed by atoms with Gasteiger partial charge in [-0.3, -0.25) is 0 Å². The zero-order valence-electron chi connectivity index (χ0n) is 9.08. The summed E-state index contributed by atoms with van der Waals surface area (Å²) < 4.78 is 18.6. The molecule has 1 heterocycles. The molecule has 2 rings (SSSR count). The van der Waals surface area contributed by atoms with Crippen LogP contribution in [0.4, 0.5) is 4.39 Å². The van der Waals surface area contributed by atoms with Crippen molar-refractivity contribution in [3.63, 3.8) is 0 Å². The molecule has 86 valence electrons. The van der Waals surface area contributed by atoms with Gasteiger partial charge in [0.2, 0.25) is 0 Å². The number of ether oxygens (including phenoxy) is 1. The van der Waals surface area contributed by atoms with Crippen molar-refractivity contribution in [3.05, 3.63) is 60.9 Å².